The fourth-order valence-corrected chi connectivity index (χ4v) is 2.83. The van der Waals surface area contributed by atoms with Gasteiger partial charge in [-0.25, -0.2) is 0 Å². The summed E-state index contributed by atoms with van der Waals surface area (Å²) in [5.41, 5.74) is 1.64. The highest BCUT2D eigenvalue weighted by Crippen LogP contribution is 2.36. The second-order valence-electron chi connectivity index (χ2n) is 7.78. The summed E-state index contributed by atoms with van der Waals surface area (Å²) in [5, 5.41) is 0. The van der Waals surface area contributed by atoms with Crippen LogP contribution in [0.4, 0.5) is 0 Å². The van der Waals surface area contributed by atoms with E-state index in [2.05, 4.69) is 58.9 Å². The maximum Gasteiger partial charge on any atom is 0.494 e. The molecular formula is C21H27BO3. The quantitative estimate of drug-likeness (QED) is 0.766. The summed E-state index contributed by atoms with van der Waals surface area (Å²) in [6, 6.07) is 18.4. The Labute approximate surface area is 151 Å². The van der Waals surface area contributed by atoms with E-state index >= 15 is 0 Å². The van der Waals surface area contributed by atoms with Crippen LogP contribution >= 0.6 is 0 Å². The first kappa shape index (κ1) is 18.0. The minimum Gasteiger partial charge on any atom is -0.493 e. The van der Waals surface area contributed by atoms with Crippen LogP contribution in [0.3, 0.4) is 0 Å². The summed E-state index contributed by atoms with van der Waals surface area (Å²) in [6.45, 7) is 11.1. The van der Waals surface area contributed by atoms with E-state index in [1.54, 1.807) is 0 Å². The van der Waals surface area contributed by atoms with Gasteiger partial charge in [0.2, 0.25) is 0 Å². The van der Waals surface area contributed by atoms with Crippen LogP contribution in [0, 0.1) is 0 Å². The maximum absolute atomic E-state index is 6.16. The molecule has 132 valence electrons. The number of ether oxygens (including phenoxy) is 1. The van der Waals surface area contributed by atoms with Crippen molar-refractivity contribution in [3.63, 3.8) is 0 Å². The molecule has 0 saturated carbocycles. The number of hydrogen-bond donors (Lipinski definition) is 0. The van der Waals surface area contributed by atoms with Gasteiger partial charge >= 0.3 is 7.12 Å². The van der Waals surface area contributed by atoms with Crippen molar-refractivity contribution in [3.8, 4) is 5.75 Å². The first-order chi connectivity index (χ1) is 11.8. The molecule has 0 aliphatic carbocycles. The van der Waals surface area contributed by atoms with Gasteiger partial charge in [-0.3, -0.25) is 0 Å². The maximum atomic E-state index is 6.16. The highest BCUT2D eigenvalue weighted by Gasteiger charge is 2.51. The zero-order valence-electron chi connectivity index (χ0n) is 15.8. The summed E-state index contributed by atoms with van der Waals surface area (Å²) < 4.78 is 18.2. The molecule has 0 spiro atoms. The number of para-hydroxylation sites is 1. The van der Waals surface area contributed by atoms with Crippen molar-refractivity contribution in [1.29, 1.82) is 0 Å². The first-order valence-electron chi connectivity index (χ1n) is 8.92. The molecule has 0 amide bonds. The molecule has 1 atom stereocenters. The smallest absolute Gasteiger partial charge is 0.493 e. The van der Waals surface area contributed by atoms with E-state index in [4.69, 9.17) is 14.0 Å². The van der Waals surface area contributed by atoms with Crippen LogP contribution in [0.5, 0.6) is 5.75 Å². The van der Waals surface area contributed by atoms with Gasteiger partial charge in [0.05, 0.1) is 17.8 Å². The predicted molar refractivity (Wildman–Crippen MR) is 103 cm³/mol. The third kappa shape index (κ3) is 3.91. The topological polar surface area (TPSA) is 27.7 Å². The second kappa shape index (κ2) is 6.85. The van der Waals surface area contributed by atoms with Crippen LogP contribution in [0.2, 0.25) is 0 Å². The lowest BCUT2D eigenvalue weighted by atomic mass is 9.77. The summed E-state index contributed by atoms with van der Waals surface area (Å²) >= 11 is 0. The summed E-state index contributed by atoms with van der Waals surface area (Å²) in [4.78, 5) is 0. The molecule has 1 aliphatic rings. The van der Waals surface area contributed by atoms with Crippen molar-refractivity contribution in [2.75, 3.05) is 6.61 Å². The van der Waals surface area contributed by atoms with E-state index in [9.17, 15) is 0 Å². The SMILES string of the molecule is CC(COc1ccccc1)c1cccc(B2OC(C)(C)C(C)(C)O2)c1. The van der Waals surface area contributed by atoms with Gasteiger partial charge in [-0.05, 0) is 50.9 Å². The second-order valence-corrected chi connectivity index (χ2v) is 7.78. The first-order valence-corrected chi connectivity index (χ1v) is 8.92. The van der Waals surface area contributed by atoms with Crippen LogP contribution < -0.4 is 10.2 Å². The van der Waals surface area contributed by atoms with Crippen molar-refractivity contribution >= 4 is 12.6 Å². The molecule has 1 saturated heterocycles. The number of benzene rings is 2. The third-order valence-corrected chi connectivity index (χ3v) is 5.25. The van der Waals surface area contributed by atoms with Crippen LogP contribution in [0.15, 0.2) is 54.6 Å². The molecule has 0 bridgehead atoms. The molecule has 1 fully saturated rings. The lowest BCUT2D eigenvalue weighted by Gasteiger charge is -2.32. The van der Waals surface area contributed by atoms with Crippen LogP contribution in [0.1, 0.15) is 46.1 Å². The average Bonchev–Trinajstić information content (AvgIpc) is 2.81. The third-order valence-electron chi connectivity index (χ3n) is 5.25. The molecule has 4 heteroatoms. The van der Waals surface area contributed by atoms with Crippen LogP contribution in [0.25, 0.3) is 0 Å². The van der Waals surface area contributed by atoms with E-state index in [-0.39, 0.29) is 24.2 Å². The van der Waals surface area contributed by atoms with Crippen molar-refractivity contribution in [3.05, 3.63) is 60.2 Å². The van der Waals surface area contributed by atoms with E-state index in [0.29, 0.717) is 6.61 Å². The van der Waals surface area contributed by atoms with Crippen molar-refractivity contribution in [2.24, 2.45) is 0 Å². The van der Waals surface area contributed by atoms with Gasteiger partial charge in [-0.1, -0.05) is 49.4 Å². The Balaban J connectivity index is 1.69. The number of rotatable bonds is 5. The zero-order chi connectivity index (χ0) is 18.1. The van der Waals surface area contributed by atoms with E-state index in [1.807, 2.05) is 30.3 Å². The van der Waals surface area contributed by atoms with Crippen molar-refractivity contribution in [2.45, 2.75) is 51.7 Å². The highest BCUT2D eigenvalue weighted by atomic mass is 16.7. The Morgan fingerprint density at radius 2 is 1.56 bits per heavy atom. The molecule has 2 aromatic carbocycles. The summed E-state index contributed by atoms with van der Waals surface area (Å²) in [7, 11) is -0.327. The molecule has 2 aromatic rings. The van der Waals surface area contributed by atoms with Gasteiger partial charge in [-0.15, -0.1) is 0 Å². The average molecular weight is 338 g/mol. The largest absolute Gasteiger partial charge is 0.494 e. The van der Waals surface area contributed by atoms with Gasteiger partial charge in [0.1, 0.15) is 5.75 Å². The molecule has 1 aliphatic heterocycles. The minimum atomic E-state index is -0.327. The molecular weight excluding hydrogens is 311 g/mol. The molecule has 0 aromatic heterocycles. The van der Waals surface area contributed by atoms with E-state index < -0.39 is 0 Å². The molecule has 0 N–H and O–H groups in total. The van der Waals surface area contributed by atoms with Crippen LogP contribution in [-0.2, 0) is 9.31 Å². The Bertz CT molecular complexity index is 696. The van der Waals surface area contributed by atoms with Gasteiger partial charge in [0, 0.05) is 5.92 Å². The lowest BCUT2D eigenvalue weighted by Crippen LogP contribution is -2.41. The fourth-order valence-electron chi connectivity index (χ4n) is 2.83. The van der Waals surface area contributed by atoms with Gasteiger partial charge < -0.3 is 14.0 Å². The van der Waals surface area contributed by atoms with Crippen molar-refractivity contribution < 1.29 is 14.0 Å². The van der Waals surface area contributed by atoms with E-state index in [0.717, 1.165) is 11.2 Å². The van der Waals surface area contributed by atoms with Crippen LogP contribution in [-0.4, -0.2) is 24.9 Å². The Morgan fingerprint density at radius 3 is 2.20 bits per heavy atom. The monoisotopic (exact) mass is 338 g/mol. The standard InChI is InChI=1S/C21H27BO3/c1-16(15-23-19-12-7-6-8-13-19)17-10-9-11-18(14-17)22-24-20(2,3)21(4,5)25-22/h6-14,16H,15H2,1-5H3. The zero-order valence-corrected chi connectivity index (χ0v) is 15.8. The predicted octanol–water partition coefficient (Wildman–Crippen LogP) is 4.17. The molecule has 3 rings (SSSR count). The number of hydrogen-bond acceptors (Lipinski definition) is 3. The minimum absolute atomic E-state index is 0.280. The Morgan fingerprint density at radius 1 is 0.920 bits per heavy atom. The van der Waals surface area contributed by atoms with Crippen molar-refractivity contribution in [1.82, 2.24) is 0 Å². The lowest BCUT2D eigenvalue weighted by molar-refractivity contribution is 0.00578. The molecule has 1 heterocycles. The molecule has 1 unspecified atom stereocenters. The molecule has 25 heavy (non-hydrogen) atoms. The molecule has 3 nitrogen and oxygen atoms in total. The fraction of sp³-hybridized carbons (Fsp3) is 0.429. The van der Waals surface area contributed by atoms with E-state index in [1.165, 1.54) is 5.56 Å². The van der Waals surface area contributed by atoms with Gasteiger partial charge in [0.25, 0.3) is 0 Å². The summed E-state index contributed by atoms with van der Waals surface area (Å²) in [6.07, 6.45) is 0. The normalized spacial score (nSPS) is 19.6. The molecule has 0 radical (unpaired) electrons. The summed E-state index contributed by atoms with van der Waals surface area (Å²) in [5.74, 6) is 1.18. The Kier molecular flexibility index (Phi) is 4.94. The van der Waals surface area contributed by atoms with Gasteiger partial charge in [0.15, 0.2) is 0 Å². The Hall–Kier alpha value is -1.78. The van der Waals surface area contributed by atoms with Gasteiger partial charge in [-0.2, -0.15) is 0 Å². The highest BCUT2D eigenvalue weighted by molar-refractivity contribution is 6.62.